The Morgan fingerprint density at radius 3 is 3.00 bits per heavy atom. The van der Waals surface area contributed by atoms with Gasteiger partial charge in [-0.05, 0) is 43.0 Å². The summed E-state index contributed by atoms with van der Waals surface area (Å²) in [5, 5.41) is 2.54. The molecule has 0 aliphatic heterocycles. The van der Waals surface area contributed by atoms with E-state index in [1.165, 1.54) is 0 Å². The van der Waals surface area contributed by atoms with Crippen LogP contribution in [-0.4, -0.2) is 15.9 Å². The summed E-state index contributed by atoms with van der Waals surface area (Å²) in [6.45, 7) is 4.05. The van der Waals surface area contributed by atoms with Crippen molar-refractivity contribution < 1.29 is 4.79 Å². The predicted molar refractivity (Wildman–Crippen MR) is 89.0 cm³/mol. The van der Waals surface area contributed by atoms with Crippen molar-refractivity contribution in [1.82, 2.24) is 9.97 Å². The lowest BCUT2D eigenvalue weighted by atomic mass is 10.1. The van der Waals surface area contributed by atoms with E-state index in [-0.39, 0.29) is 0 Å². The van der Waals surface area contributed by atoms with Gasteiger partial charge in [0.15, 0.2) is 0 Å². The molecule has 0 atom stereocenters. The average Bonchev–Trinajstić information content (AvgIpc) is 2.54. The summed E-state index contributed by atoms with van der Waals surface area (Å²) >= 11 is 0. The van der Waals surface area contributed by atoms with E-state index in [9.17, 15) is 4.79 Å². The molecule has 2 heterocycles. The SMILES string of the molecule is C#CC(=O)Nc1cccc(-c2cnc(C)c(/C=C\CC)c2)n1. The van der Waals surface area contributed by atoms with Crippen LogP contribution in [-0.2, 0) is 4.79 Å². The molecular weight excluding hydrogens is 274 g/mol. The number of anilines is 1. The molecule has 0 aliphatic carbocycles. The second-order valence-corrected chi connectivity index (χ2v) is 4.72. The minimum atomic E-state index is -0.516. The molecule has 0 aromatic carbocycles. The van der Waals surface area contributed by atoms with E-state index in [1.54, 1.807) is 12.3 Å². The van der Waals surface area contributed by atoms with Crippen molar-refractivity contribution in [1.29, 1.82) is 0 Å². The van der Waals surface area contributed by atoms with E-state index in [0.29, 0.717) is 5.82 Å². The molecule has 0 saturated heterocycles. The number of nitrogens with zero attached hydrogens (tertiary/aromatic N) is 2. The summed E-state index contributed by atoms with van der Waals surface area (Å²) in [6, 6.07) is 7.41. The van der Waals surface area contributed by atoms with Crippen molar-refractivity contribution in [3.05, 3.63) is 47.8 Å². The number of rotatable bonds is 4. The number of pyridine rings is 2. The van der Waals surface area contributed by atoms with E-state index in [0.717, 1.165) is 28.9 Å². The topological polar surface area (TPSA) is 54.9 Å². The van der Waals surface area contributed by atoms with Crippen LogP contribution in [0.1, 0.15) is 24.6 Å². The number of carbonyl (C=O) groups is 1. The first kappa shape index (κ1) is 15.5. The molecule has 4 nitrogen and oxygen atoms in total. The van der Waals surface area contributed by atoms with Crippen molar-refractivity contribution in [3.63, 3.8) is 0 Å². The molecule has 1 amide bonds. The van der Waals surface area contributed by atoms with Gasteiger partial charge in [0, 0.05) is 17.5 Å². The van der Waals surface area contributed by atoms with Crippen LogP contribution in [0.25, 0.3) is 17.3 Å². The number of nitrogens with one attached hydrogen (secondary N) is 1. The first-order chi connectivity index (χ1) is 10.6. The number of aryl methyl sites for hydroxylation is 1. The maximum atomic E-state index is 11.2. The Labute approximate surface area is 130 Å². The van der Waals surface area contributed by atoms with Crippen molar-refractivity contribution in [3.8, 4) is 23.6 Å². The van der Waals surface area contributed by atoms with Gasteiger partial charge in [0.05, 0.1) is 5.69 Å². The Kier molecular flexibility index (Phi) is 5.05. The molecule has 2 aromatic rings. The quantitative estimate of drug-likeness (QED) is 0.878. The molecule has 4 heteroatoms. The highest BCUT2D eigenvalue weighted by molar-refractivity contribution is 6.03. The number of amides is 1. The Bertz CT molecular complexity index is 757. The van der Waals surface area contributed by atoms with Crippen molar-refractivity contribution in [2.45, 2.75) is 20.3 Å². The summed E-state index contributed by atoms with van der Waals surface area (Å²) in [6.07, 6.45) is 11.9. The number of aromatic nitrogens is 2. The molecule has 0 bridgehead atoms. The third-order valence-electron chi connectivity index (χ3n) is 3.08. The zero-order chi connectivity index (χ0) is 15.9. The summed E-state index contributed by atoms with van der Waals surface area (Å²) in [5.41, 5.74) is 3.64. The smallest absolute Gasteiger partial charge is 0.300 e. The van der Waals surface area contributed by atoms with Crippen LogP contribution in [0.15, 0.2) is 36.5 Å². The third-order valence-corrected chi connectivity index (χ3v) is 3.08. The van der Waals surface area contributed by atoms with Crippen molar-refractivity contribution in [2.75, 3.05) is 5.32 Å². The normalized spacial score (nSPS) is 10.4. The fourth-order valence-corrected chi connectivity index (χ4v) is 1.92. The second kappa shape index (κ2) is 7.19. The van der Waals surface area contributed by atoms with Gasteiger partial charge in [-0.25, -0.2) is 4.98 Å². The molecule has 0 saturated carbocycles. The molecule has 0 spiro atoms. The number of hydrogen-bond acceptors (Lipinski definition) is 3. The number of hydrogen-bond donors (Lipinski definition) is 1. The first-order valence-corrected chi connectivity index (χ1v) is 7.02. The molecule has 0 aliphatic rings. The molecule has 22 heavy (non-hydrogen) atoms. The van der Waals surface area contributed by atoms with Gasteiger partial charge < -0.3 is 0 Å². The lowest BCUT2D eigenvalue weighted by Crippen LogP contribution is -2.09. The molecule has 110 valence electrons. The van der Waals surface area contributed by atoms with E-state index in [4.69, 9.17) is 6.42 Å². The summed E-state index contributed by atoms with van der Waals surface area (Å²) in [4.78, 5) is 20.0. The van der Waals surface area contributed by atoms with E-state index in [1.807, 2.05) is 31.0 Å². The number of carbonyl (C=O) groups excluding carboxylic acids is 1. The maximum absolute atomic E-state index is 11.2. The number of allylic oxidation sites excluding steroid dienone is 1. The molecule has 2 rings (SSSR count). The van der Waals surface area contributed by atoms with Crippen LogP contribution in [0.3, 0.4) is 0 Å². The lowest BCUT2D eigenvalue weighted by Gasteiger charge is -2.07. The van der Waals surface area contributed by atoms with Gasteiger partial charge in [-0.15, -0.1) is 6.42 Å². The standard InChI is InChI=1S/C18H17N3O/c1-4-6-8-14-11-15(12-19-13(14)3)16-9-7-10-17(20-16)21-18(22)5-2/h2,6-12H,4H2,1,3H3,(H,20,21,22)/b8-6-. The van der Waals surface area contributed by atoms with Gasteiger partial charge in [-0.1, -0.05) is 25.1 Å². The maximum Gasteiger partial charge on any atom is 0.301 e. The van der Waals surface area contributed by atoms with Crippen LogP contribution in [0.4, 0.5) is 5.82 Å². The lowest BCUT2D eigenvalue weighted by molar-refractivity contribution is -0.111. The molecule has 1 N–H and O–H groups in total. The Hall–Kier alpha value is -2.93. The van der Waals surface area contributed by atoms with Gasteiger partial charge in [0.2, 0.25) is 0 Å². The van der Waals surface area contributed by atoms with Gasteiger partial charge >= 0.3 is 5.91 Å². The fourth-order valence-electron chi connectivity index (χ4n) is 1.92. The predicted octanol–water partition coefficient (Wildman–Crippen LogP) is 3.45. The fraction of sp³-hybridized carbons (Fsp3) is 0.167. The monoisotopic (exact) mass is 291 g/mol. The van der Waals surface area contributed by atoms with Crippen LogP contribution >= 0.6 is 0 Å². The highest BCUT2D eigenvalue weighted by Gasteiger charge is 2.05. The second-order valence-electron chi connectivity index (χ2n) is 4.72. The summed E-state index contributed by atoms with van der Waals surface area (Å²) < 4.78 is 0. The van der Waals surface area contributed by atoms with E-state index >= 15 is 0 Å². The Morgan fingerprint density at radius 1 is 1.45 bits per heavy atom. The number of terminal acetylenes is 1. The minimum Gasteiger partial charge on any atom is -0.300 e. The third kappa shape index (κ3) is 3.80. The van der Waals surface area contributed by atoms with Crippen molar-refractivity contribution in [2.24, 2.45) is 0 Å². The van der Waals surface area contributed by atoms with Gasteiger partial charge in [-0.2, -0.15) is 0 Å². The first-order valence-electron chi connectivity index (χ1n) is 7.02. The van der Waals surface area contributed by atoms with Crippen LogP contribution in [0, 0.1) is 19.3 Å². The molecule has 2 aromatic heterocycles. The summed E-state index contributed by atoms with van der Waals surface area (Å²) in [7, 11) is 0. The molecule has 0 radical (unpaired) electrons. The van der Waals surface area contributed by atoms with Crippen LogP contribution in [0.5, 0.6) is 0 Å². The average molecular weight is 291 g/mol. The van der Waals surface area contributed by atoms with E-state index in [2.05, 4.69) is 34.4 Å². The van der Waals surface area contributed by atoms with Crippen LogP contribution in [0.2, 0.25) is 0 Å². The summed E-state index contributed by atoms with van der Waals surface area (Å²) in [5.74, 6) is 1.91. The molecule has 0 fully saturated rings. The van der Waals surface area contributed by atoms with Gasteiger partial charge in [0.25, 0.3) is 0 Å². The van der Waals surface area contributed by atoms with Crippen LogP contribution < -0.4 is 5.32 Å². The van der Waals surface area contributed by atoms with Gasteiger partial charge in [0.1, 0.15) is 5.82 Å². The minimum absolute atomic E-state index is 0.423. The largest absolute Gasteiger partial charge is 0.301 e. The highest BCUT2D eigenvalue weighted by Crippen LogP contribution is 2.21. The Morgan fingerprint density at radius 2 is 2.27 bits per heavy atom. The molecular formula is C18H17N3O. The van der Waals surface area contributed by atoms with Crippen molar-refractivity contribution >= 4 is 17.8 Å². The Balaban J connectivity index is 2.36. The zero-order valence-electron chi connectivity index (χ0n) is 12.6. The van der Waals surface area contributed by atoms with Gasteiger partial charge in [-0.3, -0.25) is 15.1 Å². The van der Waals surface area contributed by atoms with E-state index < -0.39 is 5.91 Å². The zero-order valence-corrected chi connectivity index (χ0v) is 12.6. The highest BCUT2D eigenvalue weighted by atomic mass is 16.1. The molecule has 0 unspecified atom stereocenters.